The molecular formula is C23H24F2N4O3. The van der Waals surface area contributed by atoms with E-state index in [2.05, 4.69) is 22.6 Å². The summed E-state index contributed by atoms with van der Waals surface area (Å²) in [6.45, 7) is 0.655. The molecular weight excluding hydrogens is 418 g/mol. The third-order valence-corrected chi connectivity index (χ3v) is 5.60. The highest BCUT2D eigenvalue weighted by Gasteiger charge is 2.50. The molecule has 0 aromatic heterocycles. The van der Waals surface area contributed by atoms with Crippen LogP contribution >= 0.6 is 0 Å². The van der Waals surface area contributed by atoms with Gasteiger partial charge in [0, 0.05) is 18.0 Å². The normalized spacial score (nSPS) is 20.3. The second-order valence-corrected chi connectivity index (χ2v) is 7.71. The Kier molecular flexibility index (Phi) is 6.48. The van der Waals surface area contributed by atoms with Crippen LogP contribution in [0.5, 0.6) is 0 Å². The van der Waals surface area contributed by atoms with Crippen LogP contribution in [0, 0.1) is 11.6 Å². The maximum absolute atomic E-state index is 14.5. The molecule has 4 rings (SSSR count). The van der Waals surface area contributed by atoms with Gasteiger partial charge in [0.2, 0.25) is 11.6 Å². The van der Waals surface area contributed by atoms with E-state index in [0.717, 1.165) is 36.0 Å². The second kappa shape index (κ2) is 9.46. The van der Waals surface area contributed by atoms with Crippen LogP contribution in [0.1, 0.15) is 36.8 Å². The van der Waals surface area contributed by atoms with Gasteiger partial charge in [0.25, 0.3) is 0 Å². The van der Waals surface area contributed by atoms with Gasteiger partial charge < -0.3 is 10.1 Å². The average Bonchev–Trinajstić information content (AvgIpc) is 3.47. The lowest BCUT2D eigenvalue weighted by Gasteiger charge is -2.35. The van der Waals surface area contributed by atoms with E-state index >= 15 is 0 Å². The van der Waals surface area contributed by atoms with E-state index in [1.54, 1.807) is 29.7 Å². The summed E-state index contributed by atoms with van der Waals surface area (Å²) in [4.78, 5) is 12.6. The van der Waals surface area contributed by atoms with Crippen LogP contribution < -0.4 is 10.8 Å². The van der Waals surface area contributed by atoms with Gasteiger partial charge in [-0.3, -0.25) is 5.21 Å². The molecule has 2 aromatic carbocycles. The van der Waals surface area contributed by atoms with Crippen molar-refractivity contribution in [3.05, 3.63) is 83.4 Å². The monoisotopic (exact) mass is 442 g/mol. The van der Waals surface area contributed by atoms with Crippen LogP contribution in [0.25, 0.3) is 0 Å². The Bertz CT molecular complexity index is 1020. The van der Waals surface area contributed by atoms with Gasteiger partial charge in [-0.25, -0.2) is 19.1 Å². The van der Waals surface area contributed by atoms with Gasteiger partial charge >= 0.3 is 6.03 Å². The average molecular weight is 442 g/mol. The summed E-state index contributed by atoms with van der Waals surface area (Å²) in [6.07, 6.45) is 7.07. The smallest absolute Gasteiger partial charge is 0.365 e. The van der Waals surface area contributed by atoms with E-state index in [9.17, 15) is 18.8 Å². The SMILES string of the molecule is O=C(NO)N1N=C(c2cc(F)ccc2F)OC1(CCCNC1CC=CC1)c1ccccc1. The number of benzene rings is 2. The third-order valence-electron chi connectivity index (χ3n) is 5.60. The van der Waals surface area contributed by atoms with Crippen molar-refractivity contribution in [1.82, 2.24) is 15.8 Å². The van der Waals surface area contributed by atoms with E-state index in [1.807, 2.05) is 6.07 Å². The molecule has 3 N–H and O–H groups in total. The lowest BCUT2D eigenvalue weighted by molar-refractivity contribution is -0.0585. The number of urea groups is 1. The van der Waals surface area contributed by atoms with Gasteiger partial charge in [-0.15, -0.1) is 5.10 Å². The van der Waals surface area contributed by atoms with Crippen molar-refractivity contribution in [3.63, 3.8) is 0 Å². The molecule has 1 aliphatic heterocycles. The topological polar surface area (TPSA) is 86.2 Å². The zero-order valence-electron chi connectivity index (χ0n) is 17.3. The zero-order chi connectivity index (χ0) is 22.6. The molecule has 0 spiro atoms. The molecule has 1 aliphatic carbocycles. The Balaban J connectivity index is 1.65. The van der Waals surface area contributed by atoms with Gasteiger partial charge in [0.1, 0.15) is 11.6 Å². The minimum absolute atomic E-state index is 0.214. The maximum Gasteiger partial charge on any atom is 0.365 e. The predicted octanol–water partition coefficient (Wildman–Crippen LogP) is 4.00. The van der Waals surface area contributed by atoms with E-state index in [-0.39, 0.29) is 11.5 Å². The molecule has 1 atom stereocenters. The Morgan fingerprint density at radius 3 is 2.66 bits per heavy atom. The predicted molar refractivity (Wildman–Crippen MR) is 114 cm³/mol. The molecule has 0 bridgehead atoms. The number of hydrogen-bond donors (Lipinski definition) is 3. The summed E-state index contributed by atoms with van der Waals surface area (Å²) in [7, 11) is 0. The highest BCUT2D eigenvalue weighted by molar-refractivity contribution is 5.97. The van der Waals surface area contributed by atoms with Crippen LogP contribution in [0.3, 0.4) is 0 Å². The number of nitrogens with zero attached hydrogens (tertiary/aromatic N) is 2. The van der Waals surface area contributed by atoms with Crippen LogP contribution in [0.15, 0.2) is 65.8 Å². The Morgan fingerprint density at radius 1 is 1.19 bits per heavy atom. The molecule has 32 heavy (non-hydrogen) atoms. The fourth-order valence-corrected chi connectivity index (χ4v) is 4.02. The lowest BCUT2D eigenvalue weighted by Crippen LogP contribution is -2.48. The van der Waals surface area contributed by atoms with Crippen LogP contribution in [-0.2, 0) is 10.5 Å². The first-order valence-electron chi connectivity index (χ1n) is 10.4. The number of halogens is 2. The van der Waals surface area contributed by atoms with Crippen LogP contribution in [-0.4, -0.2) is 34.7 Å². The highest BCUT2D eigenvalue weighted by atomic mass is 19.1. The number of ether oxygens (including phenoxy) is 1. The number of nitrogens with one attached hydrogen (secondary N) is 2. The number of carbonyl (C=O) groups is 1. The minimum atomic E-state index is -1.45. The lowest BCUT2D eigenvalue weighted by atomic mass is 9.96. The van der Waals surface area contributed by atoms with Crippen molar-refractivity contribution in [2.24, 2.45) is 5.10 Å². The number of carbonyl (C=O) groups excluding carboxylic acids is 1. The summed E-state index contributed by atoms with van der Waals surface area (Å²) < 4.78 is 34.4. The summed E-state index contributed by atoms with van der Waals surface area (Å²) in [5, 5.41) is 17.9. The quantitative estimate of drug-likeness (QED) is 0.262. The Morgan fingerprint density at radius 2 is 1.94 bits per heavy atom. The van der Waals surface area contributed by atoms with Crippen LogP contribution in [0.2, 0.25) is 0 Å². The molecule has 2 aromatic rings. The van der Waals surface area contributed by atoms with Crippen LogP contribution in [0.4, 0.5) is 13.6 Å². The molecule has 0 radical (unpaired) electrons. The van der Waals surface area contributed by atoms with Gasteiger partial charge in [0.05, 0.1) is 5.56 Å². The van der Waals surface area contributed by atoms with Crippen molar-refractivity contribution in [1.29, 1.82) is 0 Å². The number of rotatable bonds is 7. The number of hydrogen-bond acceptors (Lipinski definition) is 5. The van der Waals surface area contributed by atoms with E-state index in [1.165, 1.54) is 0 Å². The maximum atomic E-state index is 14.5. The van der Waals surface area contributed by atoms with Crippen molar-refractivity contribution < 1.29 is 23.5 Å². The number of hydroxylamine groups is 1. The molecule has 0 saturated carbocycles. The minimum Gasteiger partial charge on any atom is -0.443 e. The number of hydrazone groups is 1. The van der Waals surface area contributed by atoms with Crippen molar-refractivity contribution >= 4 is 11.9 Å². The third kappa shape index (κ3) is 4.35. The molecule has 2 aliphatic rings. The van der Waals surface area contributed by atoms with E-state index in [0.29, 0.717) is 31.0 Å². The molecule has 7 nitrogen and oxygen atoms in total. The Labute approximate surface area is 184 Å². The zero-order valence-corrected chi connectivity index (χ0v) is 17.3. The molecule has 1 heterocycles. The molecule has 2 amide bonds. The van der Waals surface area contributed by atoms with E-state index < -0.39 is 23.4 Å². The molecule has 1 unspecified atom stereocenters. The molecule has 0 saturated heterocycles. The largest absolute Gasteiger partial charge is 0.443 e. The molecule has 168 valence electrons. The summed E-state index contributed by atoms with van der Waals surface area (Å²) in [5.74, 6) is -1.66. The van der Waals surface area contributed by atoms with Crippen molar-refractivity contribution in [2.45, 2.75) is 37.5 Å². The summed E-state index contributed by atoms with van der Waals surface area (Å²) >= 11 is 0. The summed E-state index contributed by atoms with van der Waals surface area (Å²) in [6, 6.07) is 11.2. The van der Waals surface area contributed by atoms with Gasteiger partial charge in [-0.2, -0.15) is 5.01 Å². The highest BCUT2D eigenvalue weighted by Crippen LogP contribution is 2.41. The fourth-order valence-electron chi connectivity index (χ4n) is 4.02. The van der Waals surface area contributed by atoms with Gasteiger partial charge in [-0.05, 0) is 44.0 Å². The molecule has 0 fully saturated rings. The molecule has 9 heteroatoms. The number of amides is 2. The van der Waals surface area contributed by atoms with Crippen molar-refractivity contribution in [2.75, 3.05) is 6.54 Å². The van der Waals surface area contributed by atoms with E-state index in [4.69, 9.17) is 4.74 Å². The summed E-state index contributed by atoms with van der Waals surface area (Å²) in [5.41, 5.74) is 0.497. The fraction of sp³-hybridized carbons (Fsp3) is 0.304. The first-order chi connectivity index (χ1) is 15.5. The first-order valence-corrected chi connectivity index (χ1v) is 10.4. The second-order valence-electron chi connectivity index (χ2n) is 7.71. The van der Waals surface area contributed by atoms with Gasteiger partial charge in [-0.1, -0.05) is 42.5 Å². The van der Waals surface area contributed by atoms with Gasteiger partial charge in [0.15, 0.2) is 0 Å². The first kappa shape index (κ1) is 21.9. The van der Waals surface area contributed by atoms with Crippen molar-refractivity contribution in [3.8, 4) is 0 Å². The Hall–Kier alpha value is -3.30. The standard InChI is InChI=1S/C23H24F2N4O3/c24-17-11-12-20(25)19(15-17)21-27-29(22(30)28-31)23(32-21,16-7-2-1-3-8-16)13-6-14-26-18-9-4-5-10-18/h1-5,7-8,11-12,15,18,26,31H,6,9-10,13-14H2,(H,28,30).